The van der Waals surface area contributed by atoms with Crippen molar-refractivity contribution in [2.75, 3.05) is 11.9 Å². The van der Waals surface area contributed by atoms with Gasteiger partial charge < -0.3 is 10.1 Å². The van der Waals surface area contributed by atoms with Gasteiger partial charge in [0, 0.05) is 6.42 Å². The highest BCUT2D eigenvalue weighted by molar-refractivity contribution is 6.09. The first-order chi connectivity index (χ1) is 12.7. The molecule has 1 atom stereocenters. The molecule has 134 valence electrons. The zero-order valence-electron chi connectivity index (χ0n) is 14.8. The van der Waals surface area contributed by atoms with Crippen LogP contribution >= 0.6 is 0 Å². The molecule has 26 heavy (non-hydrogen) atoms. The van der Waals surface area contributed by atoms with Crippen LogP contribution in [0.25, 0.3) is 0 Å². The second-order valence-electron chi connectivity index (χ2n) is 5.79. The molecular formula is C21H22N2O3. The summed E-state index contributed by atoms with van der Waals surface area (Å²) < 4.78 is 5.44. The fourth-order valence-corrected chi connectivity index (χ4v) is 2.59. The van der Waals surface area contributed by atoms with Gasteiger partial charge in [-0.15, -0.1) is 0 Å². The lowest BCUT2D eigenvalue weighted by molar-refractivity contribution is -0.128. The summed E-state index contributed by atoms with van der Waals surface area (Å²) >= 11 is 0. The van der Waals surface area contributed by atoms with Crippen LogP contribution in [0.4, 0.5) is 5.69 Å². The molecule has 0 saturated carbocycles. The lowest BCUT2D eigenvalue weighted by Gasteiger charge is -2.13. The smallest absolute Gasteiger partial charge is 0.249 e. The minimum Gasteiger partial charge on any atom is -0.492 e. The molecule has 0 aliphatic heterocycles. The summed E-state index contributed by atoms with van der Waals surface area (Å²) in [6.07, 6.45) is 1.52. The monoisotopic (exact) mass is 350 g/mol. The Morgan fingerprint density at radius 3 is 2.50 bits per heavy atom. The Hall–Kier alpha value is -3.13. The van der Waals surface area contributed by atoms with Crippen LogP contribution in [-0.4, -0.2) is 18.3 Å². The first-order valence-corrected chi connectivity index (χ1v) is 8.64. The summed E-state index contributed by atoms with van der Waals surface area (Å²) in [6.45, 7) is 2.29. The standard InChI is InChI=1S/C21H22N2O3/c1-2-26-20-14-7-6-12-18(20)23-21(25)17(15-22)19(24)13-8-11-16-9-4-3-5-10-16/h3-7,9-10,12,14,17H,2,8,11,13H2,1H3,(H,23,25). The Bertz CT molecular complexity index is 781. The molecule has 0 aliphatic rings. The molecule has 0 aromatic heterocycles. The molecule has 5 nitrogen and oxygen atoms in total. The number of hydrogen-bond acceptors (Lipinski definition) is 4. The molecule has 0 radical (unpaired) electrons. The zero-order chi connectivity index (χ0) is 18.8. The van der Waals surface area contributed by atoms with E-state index < -0.39 is 11.8 Å². The van der Waals surface area contributed by atoms with E-state index in [0.29, 0.717) is 24.5 Å². The van der Waals surface area contributed by atoms with Gasteiger partial charge in [0.25, 0.3) is 0 Å². The van der Waals surface area contributed by atoms with E-state index in [0.717, 1.165) is 12.0 Å². The summed E-state index contributed by atoms with van der Waals surface area (Å²) in [4.78, 5) is 24.7. The van der Waals surface area contributed by atoms with Crippen molar-refractivity contribution in [3.8, 4) is 11.8 Å². The molecule has 2 rings (SSSR count). The number of hydrogen-bond donors (Lipinski definition) is 1. The SMILES string of the molecule is CCOc1ccccc1NC(=O)C(C#N)C(=O)CCCc1ccccc1. The van der Waals surface area contributed by atoms with E-state index in [1.807, 2.05) is 43.3 Å². The number of para-hydroxylation sites is 2. The van der Waals surface area contributed by atoms with Gasteiger partial charge >= 0.3 is 0 Å². The van der Waals surface area contributed by atoms with Crippen LogP contribution in [0.1, 0.15) is 25.3 Å². The molecule has 2 aromatic rings. The highest BCUT2D eigenvalue weighted by Crippen LogP contribution is 2.24. The van der Waals surface area contributed by atoms with E-state index >= 15 is 0 Å². The number of carbonyl (C=O) groups excluding carboxylic acids is 2. The van der Waals surface area contributed by atoms with Gasteiger partial charge in [0.1, 0.15) is 5.75 Å². The summed E-state index contributed by atoms with van der Waals surface area (Å²) in [5.74, 6) is -1.80. The Balaban J connectivity index is 1.93. The van der Waals surface area contributed by atoms with Crippen molar-refractivity contribution in [1.82, 2.24) is 0 Å². The van der Waals surface area contributed by atoms with Gasteiger partial charge in [0.2, 0.25) is 5.91 Å². The van der Waals surface area contributed by atoms with Crippen molar-refractivity contribution in [2.45, 2.75) is 26.2 Å². The number of anilines is 1. The molecule has 5 heteroatoms. The van der Waals surface area contributed by atoms with E-state index in [1.165, 1.54) is 0 Å². The second kappa shape index (κ2) is 10.00. The number of rotatable bonds is 9. The lowest BCUT2D eigenvalue weighted by atomic mass is 9.98. The first-order valence-electron chi connectivity index (χ1n) is 8.64. The highest BCUT2D eigenvalue weighted by Gasteiger charge is 2.26. The Kier molecular flexibility index (Phi) is 7.38. The average Bonchev–Trinajstić information content (AvgIpc) is 2.65. The fourth-order valence-electron chi connectivity index (χ4n) is 2.59. The lowest BCUT2D eigenvalue weighted by Crippen LogP contribution is -2.28. The second-order valence-corrected chi connectivity index (χ2v) is 5.79. The number of amides is 1. The summed E-state index contributed by atoms with van der Waals surface area (Å²) in [7, 11) is 0. The molecule has 2 aromatic carbocycles. The third-order valence-corrected chi connectivity index (χ3v) is 3.89. The van der Waals surface area contributed by atoms with Crippen molar-refractivity contribution in [1.29, 1.82) is 5.26 Å². The maximum Gasteiger partial charge on any atom is 0.249 e. The maximum atomic E-state index is 12.4. The van der Waals surface area contributed by atoms with Crippen molar-refractivity contribution in [3.05, 3.63) is 60.2 Å². The number of ether oxygens (including phenoxy) is 1. The van der Waals surface area contributed by atoms with E-state index in [-0.39, 0.29) is 12.2 Å². The average molecular weight is 350 g/mol. The van der Waals surface area contributed by atoms with Gasteiger partial charge in [-0.3, -0.25) is 9.59 Å². The third kappa shape index (κ3) is 5.45. The molecule has 0 fully saturated rings. The number of nitrogens with one attached hydrogen (secondary N) is 1. The minimum atomic E-state index is -1.32. The van der Waals surface area contributed by atoms with Crippen LogP contribution in [0, 0.1) is 17.2 Å². The molecular weight excluding hydrogens is 328 g/mol. The predicted octanol–water partition coefficient (Wildman–Crippen LogP) is 3.76. The van der Waals surface area contributed by atoms with Gasteiger partial charge in [-0.1, -0.05) is 42.5 Å². The van der Waals surface area contributed by atoms with Crippen LogP contribution in [0.3, 0.4) is 0 Å². The number of nitriles is 1. The topological polar surface area (TPSA) is 79.2 Å². The van der Waals surface area contributed by atoms with Crippen molar-refractivity contribution in [3.63, 3.8) is 0 Å². The molecule has 1 amide bonds. The quantitative estimate of drug-likeness (QED) is 0.699. The number of nitrogens with zero attached hydrogens (tertiary/aromatic N) is 1. The van der Waals surface area contributed by atoms with Crippen molar-refractivity contribution >= 4 is 17.4 Å². The van der Waals surface area contributed by atoms with E-state index in [1.54, 1.807) is 24.3 Å². The third-order valence-electron chi connectivity index (χ3n) is 3.89. The van der Waals surface area contributed by atoms with Gasteiger partial charge in [0.05, 0.1) is 18.4 Å². The number of benzene rings is 2. The Morgan fingerprint density at radius 1 is 1.12 bits per heavy atom. The summed E-state index contributed by atoms with van der Waals surface area (Å²) in [6, 6.07) is 18.6. The van der Waals surface area contributed by atoms with Gasteiger partial charge in [-0.2, -0.15) is 5.26 Å². The maximum absolute atomic E-state index is 12.4. The predicted molar refractivity (Wildman–Crippen MR) is 99.7 cm³/mol. The number of carbonyl (C=O) groups is 2. The first kappa shape index (κ1) is 19.2. The van der Waals surface area contributed by atoms with E-state index in [2.05, 4.69) is 5.32 Å². The Morgan fingerprint density at radius 2 is 1.81 bits per heavy atom. The van der Waals surface area contributed by atoms with Crippen LogP contribution in [-0.2, 0) is 16.0 Å². The Labute approximate surface area is 153 Å². The number of Topliss-reactive ketones (excluding diaryl/α,β-unsaturated/α-hetero) is 1. The molecule has 0 aliphatic carbocycles. The molecule has 0 saturated heterocycles. The highest BCUT2D eigenvalue weighted by atomic mass is 16.5. The zero-order valence-corrected chi connectivity index (χ0v) is 14.8. The van der Waals surface area contributed by atoms with Crippen LogP contribution in [0.5, 0.6) is 5.75 Å². The van der Waals surface area contributed by atoms with Gasteiger partial charge in [0.15, 0.2) is 11.7 Å². The molecule has 0 bridgehead atoms. The van der Waals surface area contributed by atoms with Crippen LogP contribution in [0.15, 0.2) is 54.6 Å². The number of aryl methyl sites for hydroxylation is 1. The van der Waals surface area contributed by atoms with Crippen LogP contribution in [0.2, 0.25) is 0 Å². The molecule has 0 spiro atoms. The molecule has 1 N–H and O–H groups in total. The molecule has 0 heterocycles. The van der Waals surface area contributed by atoms with E-state index in [4.69, 9.17) is 4.74 Å². The van der Waals surface area contributed by atoms with Crippen molar-refractivity contribution in [2.24, 2.45) is 5.92 Å². The largest absolute Gasteiger partial charge is 0.492 e. The van der Waals surface area contributed by atoms with Crippen molar-refractivity contribution < 1.29 is 14.3 Å². The van der Waals surface area contributed by atoms with Gasteiger partial charge in [-0.25, -0.2) is 0 Å². The minimum absolute atomic E-state index is 0.188. The van der Waals surface area contributed by atoms with Gasteiger partial charge in [-0.05, 0) is 37.5 Å². The fraction of sp³-hybridized carbons (Fsp3) is 0.286. The summed E-state index contributed by atoms with van der Waals surface area (Å²) in [5, 5.41) is 11.9. The van der Waals surface area contributed by atoms with E-state index in [9.17, 15) is 14.9 Å². The normalized spacial score (nSPS) is 11.2. The molecule has 1 unspecified atom stereocenters. The summed E-state index contributed by atoms with van der Waals surface area (Å²) in [5.41, 5.74) is 1.58. The number of ketones is 1. The van der Waals surface area contributed by atoms with Crippen LogP contribution < -0.4 is 10.1 Å².